The number of aryl methyl sites for hydroxylation is 2. The van der Waals surface area contributed by atoms with Crippen LogP contribution in [0.25, 0.3) is 11.1 Å². The van der Waals surface area contributed by atoms with Crippen molar-refractivity contribution in [2.75, 3.05) is 0 Å². The first-order valence-electron chi connectivity index (χ1n) is 13.7. The molecule has 14 heteroatoms. The number of hydrogen-bond donors (Lipinski definition) is 1. The van der Waals surface area contributed by atoms with Gasteiger partial charge in [-0.15, -0.1) is 0 Å². The number of hydrogen-bond acceptors (Lipinski definition) is 6. The fourth-order valence-corrected chi connectivity index (χ4v) is 5.48. The molecule has 0 saturated heterocycles. The Morgan fingerprint density at radius 3 is 2.36 bits per heavy atom. The summed E-state index contributed by atoms with van der Waals surface area (Å²) >= 11 is 12.6. The van der Waals surface area contributed by atoms with Crippen molar-refractivity contribution in [1.29, 1.82) is 0 Å². The topological polar surface area (TPSA) is 107 Å². The average Bonchev–Trinajstić information content (AvgIpc) is 2.98. The molecule has 0 atom stereocenters. The van der Waals surface area contributed by atoms with Gasteiger partial charge in [-0.3, -0.25) is 14.2 Å². The number of nitrogens with one attached hydrogen (secondary N) is 1. The monoisotopic (exact) mass is 681 g/mol. The van der Waals surface area contributed by atoms with E-state index in [1.54, 1.807) is 54.0 Å². The number of carbonyl (C=O) groups is 1. The minimum absolute atomic E-state index is 0.172. The fraction of sp³-hybridized carbons (Fsp3) is 0.258. The molecule has 0 saturated carbocycles. The summed E-state index contributed by atoms with van der Waals surface area (Å²) in [6.45, 7) is 3.93. The van der Waals surface area contributed by atoms with Gasteiger partial charge in [0.25, 0.3) is 11.5 Å². The molecule has 1 aromatic heterocycles. The number of carbonyl (C=O) groups excluding carboxylic acids is 1. The number of halogens is 5. The molecule has 45 heavy (non-hydrogen) atoms. The van der Waals surface area contributed by atoms with E-state index in [9.17, 15) is 31.2 Å². The van der Waals surface area contributed by atoms with Gasteiger partial charge in [-0.1, -0.05) is 79.0 Å². The molecular formula is C31H28Cl2F3N3O5S. The molecule has 1 heterocycles. The van der Waals surface area contributed by atoms with Crippen LogP contribution in [-0.4, -0.2) is 29.4 Å². The summed E-state index contributed by atoms with van der Waals surface area (Å²) in [5.41, 5.74) is -3.66. The zero-order chi connectivity index (χ0) is 32.9. The smallest absolute Gasteiger partial charge is 0.489 e. The lowest BCUT2D eigenvalue weighted by molar-refractivity contribution is -0.0446. The third-order valence-corrected chi connectivity index (χ3v) is 8.68. The third kappa shape index (κ3) is 7.86. The molecule has 1 amide bonds. The van der Waals surface area contributed by atoms with Gasteiger partial charge in [0, 0.05) is 22.6 Å². The number of rotatable bonds is 11. The van der Waals surface area contributed by atoms with Crippen LogP contribution in [0.1, 0.15) is 52.8 Å². The van der Waals surface area contributed by atoms with E-state index in [-0.39, 0.29) is 29.3 Å². The zero-order valence-electron chi connectivity index (χ0n) is 24.1. The highest BCUT2D eigenvalue weighted by atomic mass is 35.5. The Hall–Kier alpha value is -3.87. The Bertz CT molecular complexity index is 1880. The minimum atomic E-state index is -5.91. The van der Waals surface area contributed by atoms with Crippen LogP contribution in [0, 0.1) is 6.92 Å². The van der Waals surface area contributed by atoms with E-state index in [2.05, 4.69) is 6.92 Å². The first-order chi connectivity index (χ1) is 21.2. The first-order valence-corrected chi connectivity index (χ1v) is 15.9. The number of benzene rings is 3. The van der Waals surface area contributed by atoms with E-state index in [0.29, 0.717) is 39.8 Å². The van der Waals surface area contributed by atoms with Crippen LogP contribution >= 0.6 is 23.2 Å². The summed E-state index contributed by atoms with van der Waals surface area (Å²) < 4.78 is 69.1. The molecule has 4 rings (SSSR count). The summed E-state index contributed by atoms with van der Waals surface area (Å²) in [4.78, 5) is 30.8. The van der Waals surface area contributed by atoms with Gasteiger partial charge in [0.1, 0.15) is 18.2 Å². The summed E-state index contributed by atoms with van der Waals surface area (Å²) in [6, 6.07) is 17.9. The largest absolute Gasteiger partial charge is 0.516 e. The molecule has 238 valence electrons. The number of aromatic nitrogens is 2. The SMILES string of the molecule is CCCCc1nc(C)c(-c2ccccc2Cl)c(=O)n1Cc1ccc(OCc2cccc(C(=O)NS(=O)(=O)C(F)(F)F)c2Cl)cc1. The summed E-state index contributed by atoms with van der Waals surface area (Å²) in [5.74, 6) is -0.459. The zero-order valence-corrected chi connectivity index (χ0v) is 26.4. The Morgan fingerprint density at radius 1 is 1.02 bits per heavy atom. The Balaban J connectivity index is 1.53. The number of alkyl halides is 3. The number of sulfonamides is 1. The Kier molecular flexibility index (Phi) is 10.6. The van der Waals surface area contributed by atoms with Crippen LogP contribution in [0.2, 0.25) is 10.0 Å². The lowest BCUT2D eigenvalue weighted by Gasteiger charge is -2.17. The average molecular weight is 683 g/mol. The standard InChI is InChI=1S/C31H28Cl2F3N3O5S/c1-3-4-12-26-37-19(2)27(23-9-5-6-11-25(23)32)30(41)39(26)17-20-13-15-22(16-14-20)44-18-21-8-7-10-24(28(21)33)29(40)38-45(42,43)31(34,35)36/h5-11,13-16H,3-4,12,17-18H2,1-2H3,(H,38,40). The van der Waals surface area contributed by atoms with Crippen LogP contribution in [0.15, 0.2) is 71.5 Å². The van der Waals surface area contributed by atoms with Gasteiger partial charge in [0.15, 0.2) is 0 Å². The lowest BCUT2D eigenvalue weighted by Crippen LogP contribution is -2.40. The molecule has 0 spiro atoms. The van der Waals surface area contributed by atoms with E-state index in [1.165, 1.54) is 12.1 Å². The molecule has 3 aromatic carbocycles. The van der Waals surface area contributed by atoms with Gasteiger partial charge in [0.05, 0.1) is 28.4 Å². The van der Waals surface area contributed by atoms with Crippen molar-refractivity contribution < 1.29 is 31.1 Å². The minimum Gasteiger partial charge on any atom is -0.489 e. The maximum atomic E-state index is 13.8. The third-order valence-electron chi connectivity index (χ3n) is 6.84. The summed E-state index contributed by atoms with van der Waals surface area (Å²) in [6.07, 6.45) is 2.40. The van der Waals surface area contributed by atoms with Crippen molar-refractivity contribution in [3.63, 3.8) is 0 Å². The van der Waals surface area contributed by atoms with Crippen molar-refractivity contribution >= 4 is 39.1 Å². The molecule has 0 aliphatic carbocycles. The fourth-order valence-electron chi connectivity index (χ4n) is 4.52. The van der Waals surface area contributed by atoms with Crippen molar-refractivity contribution in [2.45, 2.75) is 51.8 Å². The molecule has 4 aromatic rings. The normalized spacial score (nSPS) is 11.8. The van der Waals surface area contributed by atoms with Crippen molar-refractivity contribution in [1.82, 2.24) is 14.3 Å². The van der Waals surface area contributed by atoms with Gasteiger partial charge in [-0.2, -0.15) is 21.6 Å². The molecule has 0 radical (unpaired) electrons. The summed E-state index contributed by atoms with van der Waals surface area (Å²) in [5, 5.41) is 0.190. The van der Waals surface area contributed by atoms with E-state index in [1.807, 2.05) is 6.07 Å². The van der Waals surface area contributed by atoms with Crippen molar-refractivity contribution in [3.8, 4) is 16.9 Å². The molecule has 0 aliphatic rings. The Labute approximate surface area is 267 Å². The highest BCUT2D eigenvalue weighted by Gasteiger charge is 2.47. The van der Waals surface area contributed by atoms with Gasteiger partial charge >= 0.3 is 15.5 Å². The quantitative estimate of drug-likeness (QED) is 0.181. The van der Waals surface area contributed by atoms with E-state index < -0.39 is 27.0 Å². The number of amides is 1. The van der Waals surface area contributed by atoms with Gasteiger partial charge in [-0.05, 0) is 43.2 Å². The second-order valence-electron chi connectivity index (χ2n) is 10.1. The molecular weight excluding hydrogens is 654 g/mol. The van der Waals surface area contributed by atoms with Gasteiger partial charge in [-0.25, -0.2) is 9.71 Å². The molecule has 0 aliphatic heterocycles. The van der Waals surface area contributed by atoms with Crippen molar-refractivity contribution in [2.24, 2.45) is 0 Å². The van der Waals surface area contributed by atoms with Gasteiger partial charge < -0.3 is 4.74 Å². The highest BCUT2D eigenvalue weighted by Crippen LogP contribution is 2.28. The van der Waals surface area contributed by atoms with E-state index in [0.717, 1.165) is 29.2 Å². The lowest BCUT2D eigenvalue weighted by atomic mass is 10.0. The van der Waals surface area contributed by atoms with E-state index in [4.69, 9.17) is 32.9 Å². The number of unbranched alkanes of at least 4 members (excludes halogenated alkanes) is 1. The molecule has 1 N–H and O–H groups in total. The predicted molar refractivity (Wildman–Crippen MR) is 166 cm³/mol. The van der Waals surface area contributed by atoms with Crippen molar-refractivity contribution in [3.05, 3.63) is 115 Å². The maximum absolute atomic E-state index is 13.8. The number of nitrogens with zero attached hydrogens (tertiary/aromatic N) is 2. The first kappa shape index (κ1) is 34.0. The summed E-state index contributed by atoms with van der Waals surface area (Å²) in [7, 11) is -5.91. The van der Waals surface area contributed by atoms with Crippen LogP contribution in [0.4, 0.5) is 13.2 Å². The van der Waals surface area contributed by atoms with Crippen LogP contribution in [-0.2, 0) is 29.6 Å². The van der Waals surface area contributed by atoms with Crippen LogP contribution < -0.4 is 15.0 Å². The number of ether oxygens (including phenoxy) is 1. The molecule has 0 fully saturated rings. The predicted octanol–water partition coefficient (Wildman–Crippen LogP) is 7.07. The molecule has 0 unspecified atom stereocenters. The second-order valence-corrected chi connectivity index (χ2v) is 12.5. The maximum Gasteiger partial charge on any atom is 0.516 e. The van der Waals surface area contributed by atoms with Gasteiger partial charge in [0.2, 0.25) is 0 Å². The second kappa shape index (κ2) is 14.1. The van der Waals surface area contributed by atoms with E-state index >= 15 is 0 Å². The molecule has 8 nitrogen and oxygen atoms in total. The Morgan fingerprint density at radius 2 is 1.71 bits per heavy atom. The highest BCUT2D eigenvalue weighted by molar-refractivity contribution is 7.90. The van der Waals surface area contributed by atoms with Crippen LogP contribution in [0.5, 0.6) is 5.75 Å². The molecule has 0 bridgehead atoms. The van der Waals surface area contributed by atoms with Crippen LogP contribution in [0.3, 0.4) is 0 Å².